The van der Waals surface area contributed by atoms with Crippen LogP contribution in [0.4, 0.5) is 10.5 Å². The van der Waals surface area contributed by atoms with Crippen LogP contribution in [0.15, 0.2) is 24.3 Å². The summed E-state index contributed by atoms with van der Waals surface area (Å²) >= 11 is 0. The summed E-state index contributed by atoms with van der Waals surface area (Å²) in [6, 6.07) is 8.56. The number of nitrogens with one attached hydrogen (secondary N) is 2. The highest BCUT2D eigenvalue weighted by Gasteiger charge is 2.20. The number of amides is 1. The van der Waals surface area contributed by atoms with Crippen molar-refractivity contribution < 1.29 is 9.53 Å². The summed E-state index contributed by atoms with van der Waals surface area (Å²) < 4.78 is 5.22. The number of carbonyl (C=O) groups is 1. The first-order chi connectivity index (χ1) is 8.94. The number of benzene rings is 1. The van der Waals surface area contributed by atoms with Crippen LogP contribution in [0.2, 0.25) is 0 Å². The van der Waals surface area contributed by atoms with Gasteiger partial charge in [0.15, 0.2) is 0 Å². The lowest BCUT2D eigenvalue weighted by Gasteiger charge is -2.27. The van der Waals surface area contributed by atoms with Crippen LogP contribution in [-0.2, 0) is 11.2 Å². The van der Waals surface area contributed by atoms with Gasteiger partial charge in [0.05, 0.1) is 0 Å². The molecule has 0 fully saturated rings. The molecule has 2 rings (SSSR count). The largest absolute Gasteiger partial charge is 0.444 e. The predicted octanol–water partition coefficient (Wildman–Crippen LogP) is 2.94. The molecule has 2 N–H and O–H groups in total. The van der Waals surface area contributed by atoms with Crippen LogP contribution in [0.3, 0.4) is 0 Å². The number of anilines is 1. The summed E-state index contributed by atoms with van der Waals surface area (Å²) in [5.41, 5.74) is 2.07. The monoisotopic (exact) mass is 262 g/mol. The Balaban J connectivity index is 1.81. The Morgan fingerprint density at radius 1 is 1.42 bits per heavy atom. The molecule has 0 bridgehead atoms. The molecule has 1 aliphatic heterocycles. The number of aryl methyl sites for hydroxylation is 1. The first-order valence-electron chi connectivity index (χ1n) is 6.75. The second kappa shape index (κ2) is 5.51. The Morgan fingerprint density at radius 2 is 2.16 bits per heavy atom. The number of carbonyl (C=O) groups excluding carboxylic acids is 1. The van der Waals surface area contributed by atoms with Crippen molar-refractivity contribution in [1.29, 1.82) is 0 Å². The molecule has 0 unspecified atom stereocenters. The molecular weight excluding hydrogens is 240 g/mol. The molecule has 1 aromatic rings. The van der Waals surface area contributed by atoms with E-state index < -0.39 is 5.60 Å². The first-order valence-corrected chi connectivity index (χ1v) is 6.75. The van der Waals surface area contributed by atoms with Gasteiger partial charge in [0.1, 0.15) is 5.60 Å². The molecule has 1 atom stereocenters. The van der Waals surface area contributed by atoms with E-state index in [1.165, 1.54) is 11.3 Å². The van der Waals surface area contributed by atoms with Gasteiger partial charge in [-0.15, -0.1) is 0 Å². The maximum atomic E-state index is 11.6. The Bertz CT molecular complexity index is 452. The van der Waals surface area contributed by atoms with Crippen molar-refractivity contribution in [2.45, 2.75) is 45.3 Å². The van der Waals surface area contributed by atoms with Crippen LogP contribution in [0.5, 0.6) is 0 Å². The SMILES string of the molecule is CC(C)(C)OC(=O)NC[C@@H]1CCc2ccccc2N1. The number of alkyl carbamates (subject to hydrolysis) is 1. The van der Waals surface area contributed by atoms with E-state index in [-0.39, 0.29) is 12.1 Å². The summed E-state index contributed by atoms with van der Waals surface area (Å²) in [5.74, 6) is 0. The Hall–Kier alpha value is -1.71. The lowest BCUT2D eigenvalue weighted by atomic mass is 9.98. The lowest BCUT2D eigenvalue weighted by Crippen LogP contribution is -2.40. The average molecular weight is 262 g/mol. The second-order valence-corrected chi connectivity index (χ2v) is 5.92. The molecule has 104 valence electrons. The fraction of sp³-hybridized carbons (Fsp3) is 0.533. The predicted molar refractivity (Wildman–Crippen MR) is 76.4 cm³/mol. The molecule has 1 aliphatic rings. The second-order valence-electron chi connectivity index (χ2n) is 5.92. The third-order valence-corrected chi connectivity index (χ3v) is 3.03. The molecule has 19 heavy (non-hydrogen) atoms. The standard InChI is InChI=1S/C15H22N2O2/c1-15(2,3)19-14(18)16-10-12-9-8-11-6-4-5-7-13(11)17-12/h4-7,12,17H,8-10H2,1-3H3,(H,16,18)/t12-/m0/s1. The van der Waals surface area contributed by atoms with Crippen molar-refractivity contribution >= 4 is 11.8 Å². The minimum Gasteiger partial charge on any atom is -0.444 e. The van der Waals surface area contributed by atoms with Gasteiger partial charge in [-0.2, -0.15) is 0 Å². The number of hydrogen-bond donors (Lipinski definition) is 2. The van der Waals surface area contributed by atoms with E-state index in [0.29, 0.717) is 6.54 Å². The van der Waals surface area contributed by atoms with Crippen LogP contribution >= 0.6 is 0 Å². The first kappa shape index (κ1) is 13.7. The highest BCUT2D eigenvalue weighted by atomic mass is 16.6. The van der Waals surface area contributed by atoms with Crippen molar-refractivity contribution in [2.75, 3.05) is 11.9 Å². The van der Waals surface area contributed by atoms with E-state index in [9.17, 15) is 4.79 Å². The summed E-state index contributed by atoms with van der Waals surface area (Å²) in [6.07, 6.45) is 1.71. The van der Waals surface area contributed by atoms with Crippen molar-refractivity contribution in [3.8, 4) is 0 Å². The Kier molecular flexibility index (Phi) is 3.98. The number of ether oxygens (including phenoxy) is 1. The number of rotatable bonds is 2. The van der Waals surface area contributed by atoms with E-state index in [0.717, 1.165) is 12.8 Å². The zero-order valence-electron chi connectivity index (χ0n) is 11.8. The van der Waals surface area contributed by atoms with Gasteiger partial charge in [-0.1, -0.05) is 18.2 Å². The van der Waals surface area contributed by atoms with E-state index in [1.807, 2.05) is 26.8 Å². The Morgan fingerprint density at radius 3 is 2.89 bits per heavy atom. The van der Waals surface area contributed by atoms with Crippen molar-refractivity contribution in [3.05, 3.63) is 29.8 Å². The molecule has 4 nitrogen and oxygen atoms in total. The number of fused-ring (bicyclic) bond motifs is 1. The van der Waals surface area contributed by atoms with Gasteiger partial charge in [-0.25, -0.2) is 4.79 Å². The van der Waals surface area contributed by atoms with Crippen LogP contribution in [-0.4, -0.2) is 24.3 Å². The zero-order valence-corrected chi connectivity index (χ0v) is 11.8. The lowest BCUT2D eigenvalue weighted by molar-refractivity contribution is 0.0525. The molecule has 1 amide bonds. The maximum absolute atomic E-state index is 11.6. The fourth-order valence-corrected chi connectivity index (χ4v) is 2.17. The molecule has 0 radical (unpaired) electrons. The molecule has 1 heterocycles. The minimum atomic E-state index is -0.448. The molecule has 1 aromatic carbocycles. The molecular formula is C15H22N2O2. The van der Waals surface area contributed by atoms with Crippen LogP contribution in [0.1, 0.15) is 32.8 Å². The highest BCUT2D eigenvalue weighted by Crippen LogP contribution is 2.23. The van der Waals surface area contributed by atoms with Gasteiger partial charge >= 0.3 is 6.09 Å². The van der Waals surface area contributed by atoms with Crippen LogP contribution < -0.4 is 10.6 Å². The van der Waals surface area contributed by atoms with Crippen LogP contribution in [0.25, 0.3) is 0 Å². The molecule has 0 aliphatic carbocycles. The number of para-hydroxylation sites is 1. The fourth-order valence-electron chi connectivity index (χ4n) is 2.17. The van der Waals surface area contributed by atoms with Crippen LogP contribution in [0, 0.1) is 0 Å². The summed E-state index contributed by atoms with van der Waals surface area (Å²) in [7, 11) is 0. The molecule has 0 spiro atoms. The van der Waals surface area contributed by atoms with E-state index >= 15 is 0 Å². The van der Waals surface area contributed by atoms with E-state index in [4.69, 9.17) is 4.74 Å². The zero-order chi connectivity index (χ0) is 13.9. The van der Waals surface area contributed by atoms with Gasteiger partial charge in [-0.05, 0) is 45.2 Å². The smallest absolute Gasteiger partial charge is 0.407 e. The number of hydrogen-bond acceptors (Lipinski definition) is 3. The summed E-state index contributed by atoms with van der Waals surface area (Å²) in [5, 5.41) is 6.26. The van der Waals surface area contributed by atoms with Gasteiger partial charge in [-0.3, -0.25) is 0 Å². The maximum Gasteiger partial charge on any atom is 0.407 e. The summed E-state index contributed by atoms with van der Waals surface area (Å²) in [6.45, 7) is 6.17. The minimum absolute atomic E-state index is 0.266. The van der Waals surface area contributed by atoms with Crippen molar-refractivity contribution in [2.24, 2.45) is 0 Å². The third-order valence-electron chi connectivity index (χ3n) is 3.03. The van der Waals surface area contributed by atoms with Gasteiger partial charge in [0.25, 0.3) is 0 Å². The topological polar surface area (TPSA) is 50.4 Å². The molecule has 0 aromatic heterocycles. The highest BCUT2D eigenvalue weighted by molar-refractivity contribution is 5.67. The Labute approximate surface area is 114 Å². The molecule has 0 saturated carbocycles. The quantitative estimate of drug-likeness (QED) is 0.861. The van der Waals surface area contributed by atoms with Gasteiger partial charge in [0.2, 0.25) is 0 Å². The summed E-state index contributed by atoms with van der Waals surface area (Å²) in [4.78, 5) is 11.6. The van der Waals surface area contributed by atoms with Crippen molar-refractivity contribution in [1.82, 2.24) is 5.32 Å². The van der Waals surface area contributed by atoms with Gasteiger partial charge < -0.3 is 15.4 Å². The molecule has 0 saturated heterocycles. The third kappa shape index (κ3) is 4.16. The van der Waals surface area contributed by atoms with E-state index in [1.54, 1.807) is 0 Å². The van der Waals surface area contributed by atoms with E-state index in [2.05, 4.69) is 28.8 Å². The van der Waals surface area contributed by atoms with Crippen molar-refractivity contribution in [3.63, 3.8) is 0 Å². The van der Waals surface area contributed by atoms with Gasteiger partial charge in [0, 0.05) is 18.3 Å². The normalized spacial score (nSPS) is 18.2. The average Bonchev–Trinajstić information content (AvgIpc) is 2.34. The molecule has 4 heteroatoms.